The number of hydrogen-bond donors (Lipinski definition) is 0. The Balaban J connectivity index is 1.88. The number of rotatable bonds is 6. The lowest BCUT2D eigenvalue weighted by atomic mass is 10.1. The normalized spacial score (nSPS) is 15.4. The number of non-ortho nitro benzene ring substituents is 1. The van der Waals surface area contributed by atoms with Crippen molar-refractivity contribution >= 4 is 52.1 Å². The van der Waals surface area contributed by atoms with Crippen LogP contribution in [-0.2, 0) is 9.53 Å². The minimum atomic E-state index is -0.632. The van der Waals surface area contributed by atoms with Crippen LogP contribution in [0.3, 0.4) is 0 Å². The van der Waals surface area contributed by atoms with E-state index in [0.717, 1.165) is 0 Å². The molecule has 168 valence electrons. The van der Waals surface area contributed by atoms with E-state index < -0.39 is 17.1 Å². The molecule has 0 fully saturated rings. The molecule has 1 aliphatic heterocycles. The summed E-state index contributed by atoms with van der Waals surface area (Å²) in [5, 5.41) is 18.5. The van der Waals surface area contributed by atoms with Crippen LogP contribution >= 0.6 is 23.2 Å². The number of nitro groups is 1. The molecule has 8 nitrogen and oxygen atoms in total. The number of hydrazone groups is 1. The third-order valence-corrected chi connectivity index (χ3v) is 5.47. The van der Waals surface area contributed by atoms with Gasteiger partial charge in [0.2, 0.25) is 5.84 Å². The van der Waals surface area contributed by atoms with Gasteiger partial charge >= 0.3 is 5.97 Å². The van der Waals surface area contributed by atoms with Gasteiger partial charge in [-0.25, -0.2) is 9.80 Å². The standard InChI is InChI=1S/C23H18Cl2N4O4/c1-2-33-23(30)21-26-28(19-13-7-17(25)8-14-19)22(15-3-9-20(10-4-15)29(31)32)27(21)18-11-5-16(24)6-12-18/h3-14,22H,2H2,1H3/t22-/m0/s1. The van der Waals surface area contributed by atoms with Crippen LogP contribution in [0.2, 0.25) is 10.0 Å². The van der Waals surface area contributed by atoms with Crippen molar-refractivity contribution in [2.75, 3.05) is 16.5 Å². The second kappa shape index (κ2) is 9.48. The smallest absolute Gasteiger partial charge is 0.376 e. The molecular formula is C23H18Cl2N4O4. The molecular weight excluding hydrogens is 467 g/mol. The van der Waals surface area contributed by atoms with E-state index >= 15 is 0 Å². The summed E-state index contributed by atoms with van der Waals surface area (Å²) in [6, 6.07) is 20.0. The number of ether oxygens (including phenoxy) is 1. The third-order valence-electron chi connectivity index (χ3n) is 4.96. The Morgan fingerprint density at radius 3 is 2.03 bits per heavy atom. The van der Waals surface area contributed by atoms with Gasteiger partial charge in [0.15, 0.2) is 6.17 Å². The molecule has 0 aliphatic carbocycles. The minimum Gasteiger partial charge on any atom is -0.460 e. The first-order valence-electron chi connectivity index (χ1n) is 9.98. The third kappa shape index (κ3) is 4.62. The van der Waals surface area contributed by atoms with Gasteiger partial charge in [-0.3, -0.25) is 15.0 Å². The van der Waals surface area contributed by atoms with Crippen LogP contribution in [0.4, 0.5) is 17.1 Å². The molecule has 0 aromatic heterocycles. The van der Waals surface area contributed by atoms with Crippen molar-refractivity contribution in [3.8, 4) is 0 Å². The number of benzene rings is 3. The summed E-state index contributed by atoms with van der Waals surface area (Å²) in [7, 11) is 0. The summed E-state index contributed by atoms with van der Waals surface area (Å²) in [5.74, 6) is -0.534. The average molecular weight is 485 g/mol. The first-order valence-corrected chi connectivity index (χ1v) is 10.7. The average Bonchev–Trinajstić information content (AvgIpc) is 3.21. The van der Waals surface area contributed by atoms with Crippen LogP contribution in [0.5, 0.6) is 0 Å². The SMILES string of the molecule is CCOC(=O)C1=NN(c2ccc(Cl)cc2)[C@@H](c2ccc([N+](=O)[O-])cc2)N1c1ccc(Cl)cc1. The van der Waals surface area contributed by atoms with E-state index in [0.29, 0.717) is 27.0 Å². The fourth-order valence-electron chi connectivity index (χ4n) is 3.48. The lowest BCUT2D eigenvalue weighted by Gasteiger charge is -2.32. The molecule has 1 aliphatic rings. The number of nitrogens with zero attached hydrogens (tertiary/aromatic N) is 4. The van der Waals surface area contributed by atoms with E-state index in [1.54, 1.807) is 77.5 Å². The largest absolute Gasteiger partial charge is 0.460 e. The second-order valence-electron chi connectivity index (χ2n) is 7.03. The van der Waals surface area contributed by atoms with Gasteiger partial charge in [0.25, 0.3) is 5.69 Å². The molecule has 33 heavy (non-hydrogen) atoms. The number of esters is 1. The van der Waals surface area contributed by atoms with E-state index in [1.165, 1.54) is 12.1 Å². The van der Waals surface area contributed by atoms with Crippen LogP contribution in [0.15, 0.2) is 77.9 Å². The van der Waals surface area contributed by atoms with E-state index in [9.17, 15) is 14.9 Å². The van der Waals surface area contributed by atoms with Crippen LogP contribution in [0.25, 0.3) is 0 Å². The van der Waals surface area contributed by atoms with Gasteiger partial charge in [-0.15, -0.1) is 5.10 Å². The summed E-state index contributed by atoms with van der Waals surface area (Å²) >= 11 is 12.1. The number of anilines is 2. The summed E-state index contributed by atoms with van der Waals surface area (Å²) in [6.07, 6.45) is -0.632. The molecule has 0 saturated heterocycles. The van der Waals surface area contributed by atoms with Crippen molar-refractivity contribution in [3.05, 3.63) is 98.5 Å². The molecule has 3 aromatic carbocycles. The van der Waals surface area contributed by atoms with Gasteiger partial charge in [-0.1, -0.05) is 23.2 Å². The van der Waals surface area contributed by atoms with Gasteiger partial charge in [-0.2, -0.15) is 0 Å². The number of halogens is 2. The Morgan fingerprint density at radius 2 is 1.52 bits per heavy atom. The zero-order valence-corrected chi connectivity index (χ0v) is 18.9. The monoisotopic (exact) mass is 484 g/mol. The lowest BCUT2D eigenvalue weighted by Crippen LogP contribution is -2.39. The molecule has 3 aromatic rings. The highest BCUT2D eigenvalue weighted by atomic mass is 35.5. The number of nitro benzene ring substituents is 1. The van der Waals surface area contributed by atoms with Crippen LogP contribution in [-0.4, -0.2) is 23.3 Å². The Hall–Kier alpha value is -3.62. The molecule has 0 spiro atoms. The second-order valence-corrected chi connectivity index (χ2v) is 7.91. The first-order chi connectivity index (χ1) is 15.9. The van der Waals surface area contributed by atoms with Crippen molar-refractivity contribution in [1.82, 2.24) is 0 Å². The highest BCUT2D eigenvalue weighted by Gasteiger charge is 2.41. The van der Waals surface area contributed by atoms with E-state index in [1.807, 2.05) is 0 Å². The topological polar surface area (TPSA) is 88.3 Å². The Kier molecular flexibility index (Phi) is 6.48. The molecule has 0 bridgehead atoms. The predicted octanol–water partition coefficient (Wildman–Crippen LogP) is 5.80. The molecule has 0 amide bonds. The fourth-order valence-corrected chi connectivity index (χ4v) is 3.73. The number of carbonyl (C=O) groups excluding carboxylic acids is 1. The van der Waals surface area contributed by atoms with Gasteiger partial charge < -0.3 is 4.74 Å². The minimum absolute atomic E-state index is 0.0423. The number of amidine groups is 1. The maximum atomic E-state index is 12.9. The zero-order chi connectivity index (χ0) is 23.5. The van der Waals surface area contributed by atoms with Gasteiger partial charge in [0.05, 0.1) is 17.2 Å². The van der Waals surface area contributed by atoms with E-state index in [-0.39, 0.29) is 18.1 Å². The maximum Gasteiger partial charge on any atom is 0.376 e. The number of carbonyl (C=O) groups is 1. The molecule has 0 saturated carbocycles. The molecule has 1 heterocycles. The molecule has 4 rings (SSSR count). The molecule has 10 heteroatoms. The fraction of sp³-hybridized carbons (Fsp3) is 0.130. The quantitative estimate of drug-likeness (QED) is 0.249. The first kappa shape index (κ1) is 22.6. The van der Waals surface area contributed by atoms with E-state index in [2.05, 4.69) is 5.10 Å². The van der Waals surface area contributed by atoms with Crippen LogP contribution < -0.4 is 9.91 Å². The highest BCUT2D eigenvalue weighted by molar-refractivity contribution is 6.42. The summed E-state index contributed by atoms with van der Waals surface area (Å²) in [6.45, 7) is 1.89. The van der Waals surface area contributed by atoms with Gasteiger partial charge in [0, 0.05) is 27.9 Å². The summed E-state index contributed by atoms with van der Waals surface area (Å²) in [5.41, 5.74) is 1.94. The summed E-state index contributed by atoms with van der Waals surface area (Å²) in [4.78, 5) is 25.3. The number of hydrogen-bond acceptors (Lipinski definition) is 7. The Labute approximate surface area is 199 Å². The summed E-state index contributed by atoms with van der Waals surface area (Å²) < 4.78 is 5.26. The van der Waals surface area contributed by atoms with Crippen LogP contribution in [0.1, 0.15) is 18.7 Å². The van der Waals surface area contributed by atoms with Crippen molar-refractivity contribution < 1.29 is 14.5 Å². The zero-order valence-electron chi connectivity index (χ0n) is 17.4. The highest BCUT2D eigenvalue weighted by Crippen LogP contribution is 2.40. The van der Waals surface area contributed by atoms with Crippen molar-refractivity contribution in [2.24, 2.45) is 5.10 Å². The van der Waals surface area contributed by atoms with Gasteiger partial charge in [0.1, 0.15) is 0 Å². The molecule has 0 unspecified atom stereocenters. The van der Waals surface area contributed by atoms with Crippen molar-refractivity contribution in [3.63, 3.8) is 0 Å². The van der Waals surface area contributed by atoms with E-state index in [4.69, 9.17) is 27.9 Å². The van der Waals surface area contributed by atoms with Gasteiger partial charge in [-0.05, 0) is 73.2 Å². The predicted molar refractivity (Wildman–Crippen MR) is 128 cm³/mol. The molecule has 0 N–H and O–H groups in total. The van der Waals surface area contributed by atoms with Crippen molar-refractivity contribution in [2.45, 2.75) is 13.1 Å². The molecule has 1 atom stereocenters. The Morgan fingerprint density at radius 1 is 0.970 bits per heavy atom. The maximum absolute atomic E-state index is 12.9. The van der Waals surface area contributed by atoms with Crippen LogP contribution in [0, 0.1) is 10.1 Å². The van der Waals surface area contributed by atoms with Crippen molar-refractivity contribution in [1.29, 1.82) is 0 Å². The Bertz CT molecular complexity index is 1200. The lowest BCUT2D eigenvalue weighted by molar-refractivity contribution is -0.384. The molecule has 0 radical (unpaired) electrons.